The molecule has 0 bridgehead atoms. The third kappa shape index (κ3) is 4.75. The van der Waals surface area contributed by atoms with E-state index in [0.717, 1.165) is 12.8 Å². The molecular weight excluding hydrogens is 380 g/mol. The lowest BCUT2D eigenvalue weighted by Crippen LogP contribution is -2.30. The average molecular weight is 402 g/mol. The summed E-state index contributed by atoms with van der Waals surface area (Å²) >= 11 is 0. The van der Waals surface area contributed by atoms with Crippen molar-refractivity contribution in [2.24, 2.45) is 0 Å². The molecule has 0 spiro atoms. The van der Waals surface area contributed by atoms with E-state index in [1.807, 2.05) is 0 Å². The SMILES string of the molecule is COCCN(C)S(=O)(=O)c1ccc(Nc2ncc(C#N)c(NC3CC3)n2)cc1. The molecule has 1 aliphatic carbocycles. The second-order valence-corrected chi connectivity index (χ2v) is 8.50. The number of hydrogen-bond donors (Lipinski definition) is 2. The smallest absolute Gasteiger partial charge is 0.242 e. The van der Waals surface area contributed by atoms with Crippen LogP contribution in [0.3, 0.4) is 0 Å². The molecule has 0 unspecified atom stereocenters. The first-order valence-electron chi connectivity index (χ1n) is 8.80. The van der Waals surface area contributed by atoms with Gasteiger partial charge in [-0.2, -0.15) is 14.6 Å². The largest absolute Gasteiger partial charge is 0.383 e. The predicted molar refractivity (Wildman–Crippen MR) is 105 cm³/mol. The first-order chi connectivity index (χ1) is 13.4. The van der Waals surface area contributed by atoms with E-state index < -0.39 is 10.0 Å². The van der Waals surface area contributed by atoms with Crippen molar-refractivity contribution in [2.45, 2.75) is 23.8 Å². The van der Waals surface area contributed by atoms with Crippen LogP contribution < -0.4 is 10.6 Å². The Labute approximate surface area is 164 Å². The Kier molecular flexibility index (Phi) is 6.08. The van der Waals surface area contributed by atoms with Crippen LogP contribution in [0.5, 0.6) is 0 Å². The van der Waals surface area contributed by atoms with Gasteiger partial charge in [0, 0.05) is 32.4 Å². The van der Waals surface area contributed by atoms with Crippen molar-refractivity contribution in [2.75, 3.05) is 37.9 Å². The van der Waals surface area contributed by atoms with Crippen LogP contribution in [0, 0.1) is 11.3 Å². The predicted octanol–water partition coefficient (Wildman–Crippen LogP) is 1.93. The van der Waals surface area contributed by atoms with E-state index in [4.69, 9.17) is 4.74 Å². The second kappa shape index (κ2) is 8.52. The highest BCUT2D eigenvalue weighted by Gasteiger charge is 2.23. The van der Waals surface area contributed by atoms with E-state index in [0.29, 0.717) is 35.7 Å². The number of rotatable bonds is 9. The summed E-state index contributed by atoms with van der Waals surface area (Å²) in [5.41, 5.74) is 1.03. The van der Waals surface area contributed by atoms with Crippen molar-refractivity contribution in [3.63, 3.8) is 0 Å². The third-order valence-electron chi connectivity index (χ3n) is 4.26. The fourth-order valence-electron chi connectivity index (χ4n) is 2.41. The molecule has 1 aromatic carbocycles. The van der Waals surface area contributed by atoms with E-state index in [-0.39, 0.29) is 11.4 Å². The molecular formula is C18H22N6O3S. The fourth-order valence-corrected chi connectivity index (χ4v) is 3.57. The van der Waals surface area contributed by atoms with Crippen molar-refractivity contribution < 1.29 is 13.2 Å². The lowest BCUT2D eigenvalue weighted by Gasteiger charge is -2.17. The molecule has 1 heterocycles. The van der Waals surface area contributed by atoms with Gasteiger partial charge in [-0.1, -0.05) is 0 Å². The average Bonchev–Trinajstić information content (AvgIpc) is 3.51. The summed E-state index contributed by atoms with van der Waals surface area (Å²) in [6.07, 6.45) is 3.59. The van der Waals surface area contributed by atoms with E-state index in [2.05, 4.69) is 26.7 Å². The molecule has 28 heavy (non-hydrogen) atoms. The molecule has 1 aliphatic rings. The highest BCUT2D eigenvalue weighted by molar-refractivity contribution is 7.89. The summed E-state index contributed by atoms with van der Waals surface area (Å²) in [7, 11) is -0.536. The van der Waals surface area contributed by atoms with Crippen molar-refractivity contribution in [1.29, 1.82) is 5.26 Å². The van der Waals surface area contributed by atoms with Gasteiger partial charge >= 0.3 is 0 Å². The normalized spacial score (nSPS) is 13.9. The quantitative estimate of drug-likeness (QED) is 0.653. The molecule has 148 valence electrons. The Morgan fingerprint density at radius 1 is 1.32 bits per heavy atom. The number of benzene rings is 1. The number of ether oxygens (including phenoxy) is 1. The molecule has 0 amide bonds. The van der Waals surface area contributed by atoms with Crippen molar-refractivity contribution in [1.82, 2.24) is 14.3 Å². The summed E-state index contributed by atoms with van der Waals surface area (Å²) in [5.74, 6) is 0.830. The Bertz CT molecular complexity index is 968. The molecule has 3 rings (SSSR count). The van der Waals surface area contributed by atoms with Crippen LogP contribution in [0.4, 0.5) is 17.5 Å². The van der Waals surface area contributed by atoms with E-state index in [1.54, 1.807) is 12.1 Å². The number of aromatic nitrogens is 2. The van der Waals surface area contributed by atoms with Gasteiger partial charge in [0.15, 0.2) is 0 Å². The van der Waals surface area contributed by atoms with Gasteiger partial charge in [0.25, 0.3) is 0 Å². The van der Waals surface area contributed by atoms with E-state index >= 15 is 0 Å². The van der Waals surface area contributed by atoms with Gasteiger partial charge in [-0.15, -0.1) is 0 Å². The molecule has 1 aromatic heterocycles. The summed E-state index contributed by atoms with van der Waals surface area (Å²) in [5, 5.41) is 15.4. The molecule has 2 N–H and O–H groups in total. The lowest BCUT2D eigenvalue weighted by molar-refractivity contribution is 0.185. The van der Waals surface area contributed by atoms with Crippen LogP contribution in [0.15, 0.2) is 35.4 Å². The highest BCUT2D eigenvalue weighted by atomic mass is 32.2. The zero-order valence-electron chi connectivity index (χ0n) is 15.7. The maximum absolute atomic E-state index is 12.5. The van der Waals surface area contributed by atoms with Crippen LogP contribution in [-0.2, 0) is 14.8 Å². The number of hydrogen-bond acceptors (Lipinski definition) is 8. The monoisotopic (exact) mass is 402 g/mol. The molecule has 2 aromatic rings. The van der Waals surface area contributed by atoms with Crippen LogP contribution in [-0.4, -0.2) is 56.0 Å². The Balaban J connectivity index is 1.73. The number of sulfonamides is 1. The minimum Gasteiger partial charge on any atom is -0.383 e. The van der Waals surface area contributed by atoms with Gasteiger partial charge in [-0.25, -0.2) is 13.4 Å². The van der Waals surface area contributed by atoms with Gasteiger partial charge in [-0.05, 0) is 37.1 Å². The Hall–Kier alpha value is -2.74. The third-order valence-corrected chi connectivity index (χ3v) is 6.13. The van der Waals surface area contributed by atoms with Crippen molar-refractivity contribution in [3.05, 3.63) is 36.0 Å². The first-order valence-corrected chi connectivity index (χ1v) is 10.2. The first kappa shape index (κ1) is 20.0. The zero-order valence-corrected chi connectivity index (χ0v) is 16.5. The number of nitrogens with one attached hydrogen (secondary N) is 2. The minimum atomic E-state index is -3.57. The summed E-state index contributed by atoms with van der Waals surface area (Å²) in [6, 6.07) is 8.76. The molecule has 9 nitrogen and oxygen atoms in total. The molecule has 1 saturated carbocycles. The minimum absolute atomic E-state index is 0.188. The van der Waals surface area contributed by atoms with E-state index in [9.17, 15) is 13.7 Å². The standard InChI is InChI=1S/C18H22N6O3S/c1-24(9-10-27-2)28(25,26)16-7-5-15(6-8-16)22-18-20-12-13(11-19)17(23-18)21-14-3-4-14/h5-8,12,14H,3-4,9-10H2,1-2H3,(H2,20,21,22,23). The molecule has 1 fully saturated rings. The van der Waals surface area contributed by atoms with Gasteiger partial charge in [0.2, 0.25) is 16.0 Å². The molecule has 10 heteroatoms. The van der Waals surface area contributed by atoms with Gasteiger partial charge < -0.3 is 15.4 Å². The number of methoxy groups -OCH3 is 1. The van der Waals surface area contributed by atoms with Crippen LogP contribution in [0.25, 0.3) is 0 Å². The summed E-state index contributed by atoms with van der Waals surface area (Å²) in [4.78, 5) is 8.69. The highest BCUT2D eigenvalue weighted by Crippen LogP contribution is 2.26. The lowest BCUT2D eigenvalue weighted by atomic mass is 10.3. The Morgan fingerprint density at radius 3 is 2.64 bits per heavy atom. The van der Waals surface area contributed by atoms with Crippen LogP contribution in [0.2, 0.25) is 0 Å². The van der Waals surface area contributed by atoms with Crippen LogP contribution >= 0.6 is 0 Å². The van der Waals surface area contributed by atoms with Gasteiger partial charge in [-0.3, -0.25) is 0 Å². The fraction of sp³-hybridized carbons (Fsp3) is 0.389. The van der Waals surface area contributed by atoms with Crippen LogP contribution in [0.1, 0.15) is 18.4 Å². The van der Waals surface area contributed by atoms with Crippen molar-refractivity contribution >= 4 is 27.5 Å². The molecule has 0 aliphatic heterocycles. The maximum Gasteiger partial charge on any atom is 0.242 e. The number of anilines is 3. The van der Waals surface area contributed by atoms with Gasteiger partial charge in [0.1, 0.15) is 17.5 Å². The molecule has 0 saturated heterocycles. The molecule has 0 radical (unpaired) electrons. The molecule has 0 atom stereocenters. The van der Waals surface area contributed by atoms with Gasteiger partial charge in [0.05, 0.1) is 17.7 Å². The zero-order chi connectivity index (χ0) is 20.1. The van der Waals surface area contributed by atoms with E-state index in [1.165, 1.54) is 36.8 Å². The maximum atomic E-state index is 12.5. The second-order valence-electron chi connectivity index (χ2n) is 6.46. The summed E-state index contributed by atoms with van der Waals surface area (Å²) in [6.45, 7) is 0.595. The number of nitriles is 1. The Morgan fingerprint density at radius 2 is 2.04 bits per heavy atom. The number of nitrogens with zero attached hydrogens (tertiary/aromatic N) is 4. The number of likely N-dealkylation sites (N-methyl/N-ethyl adjacent to an activating group) is 1. The van der Waals surface area contributed by atoms with Crippen molar-refractivity contribution in [3.8, 4) is 6.07 Å². The summed E-state index contributed by atoms with van der Waals surface area (Å²) < 4.78 is 31.2. The topological polar surface area (TPSA) is 120 Å².